The first kappa shape index (κ1) is 13.4. The molecule has 1 amide bonds. The third-order valence-corrected chi connectivity index (χ3v) is 2.55. The third kappa shape index (κ3) is 3.50. The molecule has 2 aromatic rings. The van der Waals surface area contributed by atoms with Gasteiger partial charge in [0.05, 0.1) is 12.8 Å². The van der Waals surface area contributed by atoms with Crippen molar-refractivity contribution in [1.82, 2.24) is 5.32 Å². The van der Waals surface area contributed by atoms with E-state index in [1.807, 2.05) is 6.07 Å². The molecular weight excluding hydrogens is 256 g/mol. The van der Waals surface area contributed by atoms with Gasteiger partial charge >= 0.3 is 0 Å². The maximum atomic E-state index is 11.9. The van der Waals surface area contributed by atoms with Gasteiger partial charge in [0.15, 0.2) is 0 Å². The van der Waals surface area contributed by atoms with E-state index in [2.05, 4.69) is 5.32 Å². The topological polar surface area (TPSA) is 86.3 Å². The summed E-state index contributed by atoms with van der Waals surface area (Å²) in [6, 6.07) is 11.6. The lowest BCUT2D eigenvalue weighted by atomic mass is 10.1. The zero-order valence-electron chi connectivity index (χ0n) is 10.5. The highest BCUT2D eigenvalue weighted by Gasteiger charge is 2.09. The standard InChI is InChI=1S/C15H12N2O3/c16-9-12(7-11-3-1-4-13(18)8-11)15(19)17-10-14-5-2-6-20-14/h1-8,18H,10H2,(H,17,19). The Kier molecular flexibility index (Phi) is 4.20. The van der Waals surface area contributed by atoms with Gasteiger partial charge in [-0.1, -0.05) is 12.1 Å². The number of amides is 1. The van der Waals surface area contributed by atoms with Crippen molar-refractivity contribution in [3.05, 3.63) is 59.6 Å². The number of nitrogens with zero attached hydrogens (tertiary/aromatic N) is 1. The van der Waals surface area contributed by atoms with E-state index in [1.165, 1.54) is 24.5 Å². The van der Waals surface area contributed by atoms with Gasteiger partial charge < -0.3 is 14.8 Å². The zero-order chi connectivity index (χ0) is 14.4. The molecule has 0 atom stereocenters. The van der Waals surface area contributed by atoms with Crippen LogP contribution in [0.4, 0.5) is 0 Å². The summed E-state index contributed by atoms with van der Waals surface area (Å²) in [7, 11) is 0. The lowest BCUT2D eigenvalue weighted by Crippen LogP contribution is -2.23. The van der Waals surface area contributed by atoms with Crippen molar-refractivity contribution in [1.29, 1.82) is 5.26 Å². The average Bonchev–Trinajstić information content (AvgIpc) is 2.95. The summed E-state index contributed by atoms with van der Waals surface area (Å²) in [5, 5.41) is 20.9. The summed E-state index contributed by atoms with van der Waals surface area (Å²) in [4.78, 5) is 11.9. The van der Waals surface area contributed by atoms with Crippen molar-refractivity contribution >= 4 is 12.0 Å². The first-order valence-corrected chi connectivity index (χ1v) is 5.90. The number of furan rings is 1. The van der Waals surface area contributed by atoms with Gasteiger partial charge in [-0.2, -0.15) is 5.26 Å². The lowest BCUT2D eigenvalue weighted by Gasteiger charge is -2.02. The molecule has 0 saturated carbocycles. The Morgan fingerprint density at radius 1 is 1.40 bits per heavy atom. The molecule has 5 nitrogen and oxygen atoms in total. The molecule has 0 aliphatic rings. The number of carbonyl (C=O) groups is 1. The normalized spacial score (nSPS) is 10.8. The Balaban J connectivity index is 2.07. The highest BCUT2D eigenvalue weighted by molar-refractivity contribution is 6.01. The quantitative estimate of drug-likeness (QED) is 0.657. The number of aromatic hydroxyl groups is 1. The summed E-state index contributed by atoms with van der Waals surface area (Å²) in [5.74, 6) is 0.187. The zero-order valence-corrected chi connectivity index (χ0v) is 10.5. The van der Waals surface area contributed by atoms with Crippen LogP contribution in [0.3, 0.4) is 0 Å². The lowest BCUT2D eigenvalue weighted by molar-refractivity contribution is -0.117. The number of phenolic OH excluding ortho intramolecular Hbond substituents is 1. The van der Waals surface area contributed by atoms with E-state index in [1.54, 1.807) is 24.3 Å². The van der Waals surface area contributed by atoms with Gasteiger partial charge in [0.2, 0.25) is 0 Å². The van der Waals surface area contributed by atoms with Gasteiger partial charge in [-0.15, -0.1) is 0 Å². The number of nitrogens with one attached hydrogen (secondary N) is 1. The number of rotatable bonds is 4. The summed E-state index contributed by atoms with van der Waals surface area (Å²) in [6.07, 6.45) is 2.92. The van der Waals surface area contributed by atoms with E-state index < -0.39 is 5.91 Å². The minimum absolute atomic E-state index is 0.0397. The van der Waals surface area contributed by atoms with Crippen LogP contribution in [0, 0.1) is 11.3 Å². The van der Waals surface area contributed by atoms with Gasteiger partial charge in [0.1, 0.15) is 23.2 Å². The highest BCUT2D eigenvalue weighted by atomic mass is 16.3. The number of carbonyl (C=O) groups excluding carboxylic acids is 1. The largest absolute Gasteiger partial charge is 0.508 e. The van der Waals surface area contributed by atoms with Crippen LogP contribution in [0.2, 0.25) is 0 Å². The van der Waals surface area contributed by atoms with Crippen LogP contribution in [0.25, 0.3) is 6.08 Å². The molecule has 0 aliphatic heterocycles. The number of benzene rings is 1. The molecule has 0 fully saturated rings. The van der Waals surface area contributed by atoms with Crippen LogP contribution < -0.4 is 5.32 Å². The van der Waals surface area contributed by atoms with E-state index in [0.29, 0.717) is 11.3 Å². The Morgan fingerprint density at radius 3 is 2.90 bits per heavy atom. The van der Waals surface area contributed by atoms with Crippen LogP contribution >= 0.6 is 0 Å². The van der Waals surface area contributed by atoms with E-state index in [4.69, 9.17) is 9.68 Å². The first-order chi connectivity index (χ1) is 9.69. The molecule has 1 aromatic carbocycles. The molecule has 0 saturated heterocycles. The van der Waals surface area contributed by atoms with Crippen molar-refractivity contribution in [2.75, 3.05) is 0 Å². The Morgan fingerprint density at radius 2 is 2.25 bits per heavy atom. The molecule has 0 bridgehead atoms. The fourth-order valence-electron chi connectivity index (χ4n) is 1.61. The molecule has 0 unspecified atom stereocenters. The molecule has 100 valence electrons. The first-order valence-electron chi connectivity index (χ1n) is 5.90. The van der Waals surface area contributed by atoms with Crippen LogP contribution in [0.1, 0.15) is 11.3 Å². The molecule has 0 spiro atoms. The fourth-order valence-corrected chi connectivity index (χ4v) is 1.61. The fraction of sp³-hybridized carbons (Fsp3) is 0.0667. The molecular formula is C15H12N2O3. The number of phenols is 1. The molecule has 2 N–H and O–H groups in total. The highest BCUT2D eigenvalue weighted by Crippen LogP contribution is 2.14. The minimum atomic E-state index is -0.493. The van der Waals surface area contributed by atoms with E-state index in [9.17, 15) is 9.90 Å². The second-order valence-corrected chi connectivity index (χ2v) is 4.03. The predicted octanol–water partition coefficient (Wildman–Crippen LogP) is 2.21. The van der Waals surface area contributed by atoms with Crippen molar-refractivity contribution in [2.45, 2.75) is 6.54 Å². The minimum Gasteiger partial charge on any atom is -0.508 e. The SMILES string of the molecule is N#CC(=Cc1cccc(O)c1)C(=O)NCc1ccco1. The molecule has 5 heteroatoms. The second-order valence-electron chi connectivity index (χ2n) is 4.03. The summed E-state index contributed by atoms with van der Waals surface area (Å²) >= 11 is 0. The molecule has 0 aliphatic carbocycles. The summed E-state index contributed by atoms with van der Waals surface area (Å²) in [6.45, 7) is 0.213. The molecule has 0 radical (unpaired) electrons. The second kappa shape index (κ2) is 6.25. The van der Waals surface area contributed by atoms with E-state index >= 15 is 0 Å². The number of hydrogen-bond donors (Lipinski definition) is 2. The molecule has 20 heavy (non-hydrogen) atoms. The molecule has 1 aromatic heterocycles. The Hall–Kier alpha value is -3.00. The number of hydrogen-bond acceptors (Lipinski definition) is 4. The van der Waals surface area contributed by atoms with Crippen molar-refractivity contribution in [3.63, 3.8) is 0 Å². The third-order valence-electron chi connectivity index (χ3n) is 2.55. The van der Waals surface area contributed by atoms with E-state index in [-0.39, 0.29) is 17.9 Å². The van der Waals surface area contributed by atoms with Crippen LogP contribution in [-0.4, -0.2) is 11.0 Å². The predicted molar refractivity (Wildman–Crippen MR) is 72.3 cm³/mol. The maximum Gasteiger partial charge on any atom is 0.262 e. The monoisotopic (exact) mass is 268 g/mol. The Labute approximate surface area is 115 Å². The molecule has 2 rings (SSSR count). The van der Waals surface area contributed by atoms with Crippen LogP contribution in [0.5, 0.6) is 5.75 Å². The summed E-state index contributed by atoms with van der Waals surface area (Å²) in [5.41, 5.74) is 0.539. The van der Waals surface area contributed by atoms with Crippen molar-refractivity contribution < 1.29 is 14.3 Å². The van der Waals surface area contributed by atoms with Crippen molar-refractivity contribution in [2.24, 2.45) is 0 Å². The Bertz CT molecular complexity index is 667. The average molecular weight is 268 g/mol. The van der Waals surface area contributed by atoms with E-state index in [0.717, 1.165) is 0 Å². The number of nitriles is 1. The van der Waals surface area contributed by atoms with Crippen LogP contribution in [-0.2, 0) is 11.3 Å². The van der Waals surface area contributed by atoms with Gasteiger partial charge in [0.25, 0.3) is 5.91 Å². The van der Waals surface area contributed by atoms with Crippen molar-refractivity contribution in [3.8, 4) is 11.8 Å². The van der Waals surface area contributed by atoms with Gasteiger partial charge in [0, 0.05) is 0 Å². The van der Waals surface area contributed by atoms with Gasteiger partial charge in [-0.05, 0) is 35.9 Å². The molecule has 1 heterocycles. The van der Waals surface area contributed by atoms with Crippen LogP contribution in [0.15, 0.2) is 52.7 Å². The van der Waals surface area contributed by atoms with Gasteiger partial charge in [-0.3, -0.25) is 4.79 Å². The summed E-state index contributed by atoms with van der Waals surface area (Å²) < 4.78 is 5.08. The van der Waals surface area contributed by atoms with Gasteiger partial charge in [-0.25, -0.2) is 0 Å². The maximum absolute atomic E-state index is 11.9. The smallest absolute Gasteiger partial charge is 0.262 e.